The summed E-state index contributed by atoms with van der Waals surface area (Å²) in [5.74, 6) is -0.346. The van der Waals surface area contributed by atoms with Crippen LogP contribution in [0.25, 0.3) is 0 Å². The van der Waals surface area contributed by atoms with Gasteiger partial charge in [-0.3, -0.25) is 9.59 Å². The lowest BCUT2D eigenvalue weighted by molar-refractivity contribution is -0.150. The number of thiol groups is 1. The molecule has 0 aliphatic carbocycles. The molecule has 1 rings (SSSR count). The molecule has 1 saturated heterocycles. The molecule has 2 amide bonds. The predicted molar refractivity (Wildman–Crippen MR) is 42.9 cm³/mol. The first kappa shape index (κ1) is 8.39. The van der Waals surface area contributed by atoms with Gasteiger partial charge >= 0.3 is 0 Å². The fourth-order valence-electron chi connectivity index (χ4n) is 0.896. The number of hydrogen-bond acceptors (Lipinski definition) is 3. The van der Waals surface area contributed by atoms with Crippen molar-refractivity contribution < 1.29 is 9.59 Å². The minimum Gasteiger partial charge on any atom is -0.316 e. The van der Waals surface area contributed by atoms with Crippen molar-refractivity contribution in [3.05, 3.63) is 0 Å². The molecule has 0 unspecified atom stereocenters. The Morgan fingerprint density at radius 2 is 1.64 bits per heavy atom. The summed E-state index contributed by atoms with van der Waals surface area (Å²) in [7, 11) is 3.26. The van der Waals surface area contributed by atoms with Gasteiger partial charge in [-0.25, -0.2) is 0 Å². The molecule has 11 heavy (non-hydrogen) atoms. The molecule has 62 valence electrons. The molecule has 0 bridgehead atoms. The van der Waals surface area contributed by atoms with E-state index in [9.17, 15) is 9.59 Å². The second-order valence-electron chi connectivity index (χ2n) is 2.53. The van der Waals surface area contributed by atoms with E-state index < -0.39 is 5.50 Å². The van der Waals surface area contributed by atoms with Gasteiger partial charge in [0.15, 0.2) is 5.50 Å². The largest absolute Gasteiger partial charge is 0.316 e. The maximum atomic E-state index is 11.0. The zero-order valence-electron chi connectivity index (χ0n) is 6.44. The van der Waals surface area contributed by atoms with E-state index in [-0.39, 0.29) is 18.2 Å². The van der Waals surface area contributed by atoms with E-state index in [0.29, 0.717) is 0 Å². The number of carbonyl (C=O) groups excluding carboxylic acids is 2. The van der Waals surface area contributed by atoms with Gasteiger partial charge in [0.2, 0.25) is 11.8 Å². The standard InChI is InChI=1S/C6H10N2O2S/c1-7-4(9)3-5(10)8(2)6(7)11/h6,11H,3H2,1-2H3. The molecule has 0 N–H and O–H groups in total. The molecule has 1 heterocycles. The average molecular weight is 174 g/mol. The van der Waals surface area contributed by atoms with Crippen LogP contribution in [-0.4, -0.2) is 41.2 Å². The summed E-state index contributed by atoms with van der Waals surface area (Å²) in [6, 6.07) is 0. The lowest BCUT2D eigenvalue weighted by Crippen LogP contribution is -2.52. The van der Waals surface area contributed by atoms with E-state index in [1.165, 1.54) is 9.80 Å². The fraction of sp³-hybridized carbons (Fsp3) is 0.667. The first-order valence-corrected chi connectivity index (χ1v) is 3.75. The number of hydrogen-bond donors (Lipinski definition) is 1. The predicted octanol–water partition coefficient (Wildman–Crippen LogP) is -0.480. The number of amides is 2. The van der Waals surface area contributed by atoms with Crippen molar-refractivity contribution in [2.45, 2.75) is 11.9 Å². The van der Waals surface area contributed by atoms with Crippen LogP contribution in [0.4, 0.5) is 0 Å². The zero-order valence-corrected chi connectivity index (χ0v) is 7.34. The van der Waals surface area contributed by atoms with E-state index in [2.05, 4.69) is 12.6 Å². The monoisotopic (exact) mass is 174 g/mol. The highest BCUT2D eigenvalue weighted by molar-refractivity contribution is 7.80. The Kier molecular flexibility index (Phi) is 2.08. The molecule has 0 aromatic heterocycles. The van der Waals surface area contributed by atoms with E-state index in [1.807, 2.05) is 0 Å². The van der Waals surface area contributed by atoms with E-state index in [0.717, 1.165) is 0 Å². The molecule has 4 nitrogen and oxygen atoms in total. The molecule has 0 atom stereocenters. The van der Waals surface area contributed by atoms with Gasteiger partial charge in [-0.05, 0) is 0 Å². The Hall–Kier alpha value is -0.710. The smallest absolute Gasteiger partial charge is 0.234 e. The Labute approximate surface area is 70.6 Å². The maximum absolute atomic E-state index is 11.0. The van der Waals surface area contributed by atoms with Crippen molar-refractivity contribution in [3.63, 3.8) is 0 Å². The maximum Gasteiger partial charge on any atom is 0.234 e. The highest BCUT2D eigenvalue weighted by Crippen LogP contribution is 2.15. The third-order valence-electron chi connectivity index (χ3n) is 1.78. The molecule has 1 aliphatic rings. The van der Waals surface area contributed by atoms with Crippen LogP contribution in [0, 0.1) is 0 Å². The van der Waals surface area contributed by atoms with Crippen molar-refractivity contribution in [2.75, 3.05) is 14.1 Å². The van der Waals surface area contributed by atoms with E-state index in [4.69, 9.17) is 0 Å². The molecule has 5 heteroatoms. The van der Waals surface area contributed by atoms with Gasteiger partial charge in [0, 0.05) is 14.1 Å². The summed E-state index contributed by atoms with van der Waals surface area (Å²) in [4.78, 5) is 24.9. The van der Waals surface area contributed by atoms with Crippen molar-refractivity contribution in [1.82, 2.24) is 9.80 Å². The van der Waals surface area contributed by atoms with Crippen molar-refractivity contribution >= 4 is 24.4 Å². The molecule has 0 saturated carbocycles. The van der Waals surface area contributed by atoms with Gasteiger partial charge in [0.05, 0.1) is 0 Å². The number of carbonyl (C=O) groups is 2. The molecule has 1 fully saturated rings. The molecular formula is C6H10N2O2S. The summed E-state index contributed by atoms with van der Waals surface area (Å²) < 4.78 is 0. The van der Waals surface area contributed by atoms with Crippen LogP contribution in [0.3, 0.4) is 0 Å². The van der Waals surface area contributed by atoms with Crippen LogP contribution < -0.4 is 0 Å². The topological polar surface area (TPSA) is 40.6 Å². The first-order valence-electron chi connectivity index (χ1n) is 3.23. The van der Waals surface area contributed by atoms with Crippen molar-refractivity contribution in [2.24, 2.45) is 0 Å². The van der Waals surface area contributed by atoms with Crippen LogP contribution >= 0.6 is 12.6 Å². The van der Waals surface area contributed by atoms with Crippen LogP contribution in [0.15, 0.2) is 0 Å². The molecule has 0 spiro atoms. The van der Waals surface area contributed by atoms with Crippen LogP contribution in [0.1, 0.15) is 6.42 Å². The SMILES string of the molecule is CN1C(=O)CC(=O)N(C)C1S. The lowest BCUT2D eigenvalue weighted by atomic mass is 10.3. The summed E-state index contributed by atoms with van der Waals surface area (Å²) in [5.41, 5.74) is -0.413. The molecular weight excluding hydrogens is 164 g/mol. The number of rotatable bonds is 0. The average Bonchev–Trinajstić information content (AvgIpc) is 1.97. The van der Waals surface area contributed by atoms with Crippen molar-refractivity contribution in [3.8, 4) is 0 Å². The van der Waals surface area contributed by atoms with Crippen LogP contribution in [-0.2, 0) is 9.59 Å². The van der Waals surface area contributed by atoms with Gasteiger partial charge in [0.25, 0.3) is 0 Å². The van der Waals surface area contributed by atoms with E-state index >= 15 is 0 Å². The van der Waals surface area contributed by atoms with Gasteiger partial charge in [-0.15, -0.1) is 12.6 Å². The first-order chi connectivity index (χ1) is 5.04. The normalized spacial score (nSPS) is 21.4. The second-order valence-corrected chi connectivity index (χ2v) is 2.99. The van der Waals surface area contributed by atoms with E-state index in [1.54, 1.807) is 14.1 Å². The molecule has 0 aromatic carbocycles. The summed E-state index contributed by atoms with van der Waals surface area (Å²) in [6.07, 6.45) is -0.0376. The van der Waals surface area contributed by atoms with Crippen LogP contribution in [0.2, 0.25) is 0 Å². The fourth-order valence-corrected chi connectivity index (χ4v) is 1.15. The third kappa shape index (κ3) is 1.33. The Morgan fingerprint density at radius 1 is 1.27 bits per heavy atom. The van der Waals surface area contributed by atoms with Gasteiger partial charge < -0.3 is 9.80 Å². The van der Waals surface area contributed by atoms with Crippen molar-refractivity contribution in [1.29, 1.82) is 0 Å². The number of nitrogens with zero attached hydrogens (tertiary/aromatic N) is 2. The summed E-state index contributed by atoms with van der Waals surface area (Å²) in [6.45, 7) is 0. The lowest BCUT2D eigenvalue weighted by Gasteiger charge is -2.36. The Morgan fingerprint density at radius 3 is 2.00 bits per heavy atom. The summed E-state index contributed by atoms with van der Waals surface area (Å²) in [5, 5.41) is 0. The summed E-state index contributed by atoms with van der Waals surface area (Å²) >= 11 is 4.08. The second kappa shape index (κ2) is 2.73. The Balaban J connectivity index is 2.78. The highest BCUT2D eigenvalue weighted by Gasteiger charge is 2.31. The third-order valence-corrected chi connectivity index (χ3v) is 2.47. The van der Waals surface area contributed by atoms with Gasteiger partial charge in [-0.2, -0.15) is 0 Å². The Bertz CT molecular complexity index is 187. The van der Waals surface area contributed by atoms with Gasteiger partial charge in [-0.1, -0.05) is 0 Å². The van der Waals surface area contributed by atoms with Crippen LogP contribution in [0.5, 0.6) is 0 Å². The minimum absolute atomic E-state index is 0.0376. The molecule has 0 aromatic rings. The minimum atomic E-state index is -0.413. The molecule has 1 aliphatic heterocycles. The van der Waals surface area contributed by atoms with Gasteiger partial charge in [0.1, 0.15) is 6.42 Å². The zero-order chi connectivity index (χ0) is 8.59. The quantitative estimate of drug-likeness (QED) is 0.398. The highest BCUT2D eigenvalue weighted by atomic mass is 32.1. The molecule has 0 radical (unpaired) electrons.